The molecule has 1 saturated carbocycles. The summed E-state index contributed by atoms with van der Waals surface area (Å²) in [6, 6.07) is 24.7. The van der Waals surface area contributed by atoms with E-state index < -0.39 is 0 Å². The molecular formula is C28H29ClN2O. The molecule has 1 aliphatic rings. The summed E-state index contributed by atoms with van der Waals surface area (Å²) in [5.74, 6) is -0.144. The fourth-order valence-corrected chi connectivity index (χ4v) is 4.37. The van der Waals surface area contributed by atoms with Crippen molar-refractivity contribution < 1.29 is 4.79 Å². The first kappa shape index (κ1) is 22.3. The molecule has 3 aromatic rings. The van der Waals surface area contributed by atoms with Gasteiger partial charge in [0.25, 0.3) is 0 Å². The first-order chi connectivity index (χ1) is 15.6. The van der Waals surface area contributed by atoms with Gasteiger partial charge in [-0.05, 0) is 72.5 Å². The molecule has 1 amide bonds. The highest BCUT2D eigenvalue weighted by Crippen LogP contribution is 2.24. The maximum absolute atomic E-state index is 12.3. The van der Waals surface area contributed by atoms with Gasteiger partial charge >= 0.3 is 0 Å². The van der Waals surface area contributed by atoms with Gasteiger partial charge in [-0.15, -0.1) is 0 Å². The summed E-state index contributed by atoms with van der Waals surface area (Å²) < 4.78 is 0. The van der Waals surface area contributed by atoms with Crippen LogP contribution in [-0.2, 0) is 11.3 Å². The van der Waals surface area contributed by atoms with Crippen molar-refractivity contribution in [3.05, 3.63) is 95.0 Å². The number of hydrogen-bond acceptors (Lipinski definition) is 2. The maximum Gasteiger partial charge on any atom is 0.248 e. The van der Waals surface area contributed by atoms with Gasteiger partial charge in [0.1, 0.15) is 0 Å². The SMILES string of the molecule is CN(Cc1ccc(C=CC(=O)Nc2ccc(-c3ccc(Cl)cc3)cc2)cc1)C1CCCC1. The summed E-state index contributed by atoms with van der Waals surface area (Å²) in [7, 11) is 2.22. The lowest BCUT2D eigenvalue weighted by Crippen LogP contribution is -2.28. The Bertz CT molecular complexity index is 1050. The van der Waals surface area contributed by atoms with E-state index in [9.17, 15) is 4.79 Å². The second-order valence-electron chi connectivity index (χ2n) is 8.50. The van der Waals surface area contributed by atoms with Gasteiger partial charge in [-0.2, -0.15) is 0 Å². The molecule has 0 heterocycles. The second kappa shape index (κ2) is 10.6. The van der Waals surface area contributed by atoms with Crippen LogP contribution < -0.4 is 5.32 Å². The molecule has 0 unspecified atom stereocenters. The number of benzene rings is 3. The van der Waals surface area contributed by atoms with Gasteiger partial charge in [0.05, 0.1) is 0 Å². The van der Waals surface area contributed by atoms with Gasteiger partial charge in [0, 0.05) is 29.4 Å². The molecule has 3 aromatic carbocycles. The van der Waals surface area contributed by atoms with Crippen LogP contribution in [0.2, 0.25) is 5.02 Å². The van der Waals surface area contributed by atoms with Crippen LogP contribution >= 0.6 is 11.6 Å². The fraction of sp³-hybridized carbons (Fsp3) is 0.250. The molecular weight excluding hydrogens is 416 g/mol. The standard InChI is InChI=1S/C28H29ClN2O/c1-31(27-4-2-3-5-27)20-22-8-6-21(7-9-22)10-19-28(32)30-26-17-13-24(14-18-26)23-11-15-25(29)16-12-23/h6-19,27H,2-5,20H2,1H3,(H,30,32). The van der Waals surface area contributed by atoms with E-state index in [2.05, 4.69) is 41.5 Å². The van der Waals surface area contributed by atoms with E-state index in [1.165, 1.54) is 31.2 Å². The van der Waals surface area contributed by atoms with E-state index >= 15 is 0 Å². The van der Waals surface area contributed by atoms with E-state index in [1.807, 2.05) is 54.6 Å². The Morgan fingerprint density at radius 2 is 1.53 bits per heavy atom. The molecule has 1 N–H and O–H groups in total. The average molecular weight is 445 g/mol. The number of carbonyl (C=O) groups excluding carboxylic acids is 1. The molecule has 164 valence electrons. The zero-order valence-electron chi connectivity index (χ0n) is 18.4. The summed E-state index contributed by atoms with van der Waals surface area (Å²) >= 11 is 5.95. The minimum atomic E-state index is -0.144. The van der Waals surface area contributed by atoms with Crippen molar-refractivity contribution in [1.29, 1.82) is 0 Å². The van der Waals surface area contributed by atoms with Crippen molar-refractivity contribution in [3.63, 3.8) is 0 Å². The Labute approximate surface area is 195 Å². The molecule has 4 rings (SSSR count). The molecule has 0 spiro atoms. The average Bonchev–Trinajstić information content (AvgIpc) is 3.35. The fourth-order valence-electron chi connectivity index (χ4n) is 4.24. The van der Waals surface area contributed by atoms with E-state index in [1.54, 1.807) is 6.08 Å². The van der Waals surface area contributed by atoms with Crippen molar-refractivity contribution in [1.82, 2.24) is 4.90 Å². The van der Waals surface area contributed by atoms with Gasteiger partial charge in [0.15, 0.2) is 0 Å². The number of nitrogens with one attached hydrogen (secondary N) is 1. The molecule has 0 aliphatic heterocycles. The number of halogens is 1. The monoisotopic (exact) mass is 444 g/mol. The number of nitrogens with zero attached hydrogens (tertiary/aromatic N) is 1. The van der Waals surface area contributed by atoms with Crippen LogP contribution in [0.25, 0.3) is 17.2 Å². The number of amides is 1. The largest absolute Gasteiger partial charge is 0.323 e. The minimum Gasteiger partial charge on any atom is -0.323 e. The summed E-state index contributed by atoms with van der Waals surface area (Å²) in [5.41, 5.74) is 5.26. The van der Waals surface area contributed by atoms with Crippen LogP contribution in [-0.4, -0.2) is 23.9 Å². The lowest BCUT2D eigenvalue weighted by Gasteiger charge is -2.24. The van der Waals surface area contributed by atoms with E-state index in [4.69, 9.17) is 11.6 Å². The third kappa shape index (κ3) is 6.09. The van der Waals surface area contributed by atoms with Crippen LogP contribution in [0, 0.1) is 0 Å². The number of anilines is 1. The Morgan fingerprint density at radius 3 is 2.16 bits per heavy atom. The van der Waals surface area contributed by atoms with Crippen molar-refractivity contribution in [2.24, 2.45) is 0 Å². The predicted octanol–water partition coefficient (Wildman–Crippen LogP) is 7.03. The first-order valence-corrected chi connectivity index (χ1v) is 11.6. The molecule has 1 aliphatic carbocycles. The lowest BCUT2D eigenvalue weighted by atomic mass is 10.1. The molecule has 0 saturated heterocycles. The molecule has 1 fully saturated rings. The van der Waals surface area contributed by atoms with E-state index in [0.29, 0.717) is 0 Å². The van der Waals surface area contributed by atoms with Gasteiger partial charge in [-0.1, -0.05) is 73.0 Å². The Balaban J connectivity index is 1.29. The molecule has 3 nitrogen and oxygen atoms in total. The van der Waals surface area contributed by atoms with Crippen molar-refractivity contribution in [2.75, 3.05) is 12.4 Å². The van der Waals surface area contributed by atoms with Gasteiger partial charge in [0.2, 0.25) is 5.91 Å². The minimum absolute atomic E-state index is 0.144. The third-order valence-corrected chi connectivity index (χ3v) is 6.37. The van der Waals surface area contributed by atoms with Gasteiger partial charge in [-0.3, -0.25) is 9.69 Å². The Hall–Kier alpha value is -2.88. The first-order valence-electron chi connectivity index (χ1n) is 11.2. The molecule has 0 aromatic heterocycles. The Kier molecular flexibility index (Phi) is 7.41. The van der Waals surface area contributed by atoms with Crippen LogP contribution in [0.3, 0.4) is 0 Å². The Morgan fingerprint density at radius 1 is 0.938 bits per heavy atom. The number of carbonyl (C=O) groups is 1. The molecule has 32 heavy (non-hydrogen) atoms. The highest BCUT2D eigenvalue weighted by atomic mass is 35.5. The predicted molar refractivity (Wildman–Crippen MR) is 135 cm³/mol. The van der Waals surface area contributed by atoms with Crippen LogP contribution in [0.5, 0.6) is 0 Å². The van der Waals surface area contributed by atoms with Crippen molar-refractivity contribution in [2.45, 2.75) is 38.3 Å². The second-order valence-corrected chi connectivity index (χ2v) is 8.94. The van der Waals surface area contributed by atoms with E-state index in [0.717, 1.165) is 40.0 Å². The topological polar surface area (TPSA) is 32.3 Å². The van der Waals surface area contributed by atoms with Gasteiger partial charge in [-0.25, -0.2) is 0 Å². The normalized spacial score (nSPS) is 14.3. The van der Waals surface area contributed by atoms with Gasteiger partial charge < -0.3 is 5.32 Å². The van der Waals surface area contributed by atoms with Crippen LogP contribution in [0.15, 0.2) is 78.9 Å². The highest BCUT2D eigenvalue weighted by molar-refractivity contribution is 6.30. The quantitative estimate of drug-likeness (QED) is 0.396. The summed E-state index contributed by atoms with van der Waals surface area (Å²) in [6.45, 7) is 0.973. The summed E-state index contributed by atoms with van der Waals surface area (Å²) in [6.07, 6.45) is 8.77. The van der Waals surface area contributed by atoms with Crippen LogP contribution in [0.1, 0.15) is 36.8 Å². The molecule has 0 bridgehead atoms. The van der Waals surface area contributed by atoms with E-state index in [-0.39, 0.29) is 5.91 Å². The number of rotatable bonds is 7. The maximum atomic E-state index is 12.3. The zero-order valence-corrected chi connectivity index (χ0v) is 19.2. The highest BCUT2D eigenvalue weighted by Gasteiger charge is 2.19. The van der Waals surface area contributed by atoms with Crippen molar-refractivity contribution >= 4 is 29.3 Å². The molecule has 4 heteroatoms. The third-order valence-electron chi connectivity index (χ3n) is 6.12. The van der Waals surface area contributed by atoms with Crippen molar-refractivity contribution in [3.8, 4) is 11.1 Å². The molecule has 0 atom stereocenters. The molecule has 0 radical (unpaired) electrons. The smallest absolute Gasteiger partial charge is 0.248 e. The zero-order chi connectivity index (χ0) is 22.3. The summed E-state index contributed by atoms with van der Waals surface area (Å²) in [4.78, 5) is 14.8. The lowest BCUT2D eigenvalue weighted by molar-refractivity contribution is -0.111. The summed E-state index contributed by atoms with van der Waals surface area (Å²) in [5, 5.41) is 3.63. The van der Waals surface area contributed by atoms with Crippen LogP contribution in [0.4, 0.5) is 5.69 Å². The number of hydrogen-bond donors (Lipinski definition) is 1.